The fraction of sp³-hybridized carbons (Fsp3) is 0.655. The summed E-state index contributed by atoms with van der Waals surface area (Å²) in [4.78, 5) is 29.5. The van der Waals surface area contributed by atoms with Gasteiger partial charge in [0.25, 0.3) is 0 Å². The molecule has 0 radical (unpaired) electrons. The number of amides is 3. The number of aromatic nitrogens is 3. The van der Waals surface area contributed by atoms with Crippen LogP contribution in [0.2, 0.25) is 0 Å². The Morgan fingerprint density at radius 3 is 2.46 bits per heavy atom. The normalized spacial score (nSPS) is 26.9. The first-order valence-corrected chi connectivity index (χ1v) is 16.1. The molecule has 2 aliphatic heterocycles. The van der Waals surface area contributed by atoms with E-state index in [0.717, 1.165) is 36.7 Å². The lowest BCUT2D eigenvalue weighted by molar-refractivity contribution is -0.186. The summed E-state index contributed by atoms with van der Waals surface area (Å²) in [5.41, 5.74) is -2.71. The van der Waals surface area contributed by atoms with Crippen LogP contribution in [-0.4, -0.2) is 133 Å². The molecule has 1 saturated carbocycles. The van der Waals surface area contributed by atoms with Gasteiger partial charge in [-0.05, 0) is 44.7 Å². The Morgan fingerprint density at radius 2 is 1.89 bits per heavy atom. The molecule has 1 aliphatic carbocycles. The number of ether oxygens (including phenoxy) is 2. The lowest BCUT2D eigenvalue weighted by Crippen LogP contribution is -2.60. The van der Waals surface area contributed by atoms with E-state index in [9.17, 15) is 38.1 Å². The van der Waals surface area contributed by atoms with Crippen LogP contribution in [0.3, 0.4) is 0 Å². The molecule has 46 heavy (non-hydrogen) atoms. The molecule has 0 bridgehead atoms. The first kappa shape index (κ1) is 34.4. The largest absolute Gasteiger partial charge is 0.394 e. The van der Waals surface area contributed by atoms with Gasteiger partial charge in [-0.3, -0.25) is 4.79 Å². The molecule has 4 N–H and O–H groups in total. The average molecular weight is 673 g/mol. The van der Waals surface area contributed by atoms with Gasteiger partial charge in [0.2, 0.25) is 5.91 Å². The second-order valence-electron chi connectivity index (χ2n) is 11.9. The second kappa shape index (κ2) is 14.0. The number of thioether (sulfide) groups is 1. The van der Waals surface area contributed by atoms with Crippen molar-refractivity contribution in [3.05, 3.63) is 35.8 Å². The summed E-state index contributed by atoms with van der Waals surface area (Å²) in [7, 11) is 2.96. The summed E-state index contributed by atoms with van der Waals surface area (Å²) in [5, 5.41) is 43.1. The predicted octanol–water partition coefficient (Wildman–Crippen LogP) is 1.28. The maximum Gasteiger partial charge on any atom is 0.317 e. The van der Waals surface area contributed by atoms with E-state index in [1.807, 2.05) is 0 Å². The molecule has 3 heterocycles. The van der Waals surface area contributed by atoms with Crippen molar-refractivity contribution in [1.82, 2.24) is 30.1 Å². The fourth-order valence-electron chi connectivity index (χ4n) is 5.74. The van der Waals surface area contributed by atoms with Gasteiger partial charge in [0, 0.05) is 45.4 Å². The summed E-state index contributed by atoms with van der Waals surface area (Å²) in [5.74, 6) is -4.84. The highest BCUT2D eigenvalue weighted by atomic mass is 32.2. The van der Waals surface area contributed by atoms with Gasteiger partial charge in [0.15, 0.2) is 17.5 Å². The fourth-order valence-corrected chi connectivity index (χ4v) is 7.43. The van der Waals surface area contributed by atoms with Crippen molar-refractivity contribution in [2.45, 2.75) is 79.3 Å². The van der Waals surface area contributed by atoms with E-state index in [2.05, 4.69) is 15.6 Å². The molecule has 3 fully saturated rings. The van der Waals surface area contributed by atoms with Gasteiger partial charge in [0.05, 0.1) is 18.4 Å². The molecular formula is C29H39F3N6O7S. The first-order chi connectivity index (χ1) is 21.9. The molecule has 13 nitrogen and oxygen atoms in total. The number of methoxy groups -OCH3 is 1. The second-order valence-corrected chi connectivity index (χ2v) is 13.1. The van der Waals surface area contributed by atoms with Crippen LogP contribution >= 0.6 is 11.8 Å². The molecule has 254 valence electrons. The minimum absolute atomic E-state index is 0.0273. The van der Waals surface area contributed by atoms with Crippen LogP contribution in [-0.2, 0) is 14.3 Å². The number of aliphatic hydroxyl groups is 3. The number of hydrogen-bond donors (Lipinski definition) is 4. The van der Waals surface area contributed by atoms with Crippen LogP contribution < -0.4 is 5.32 Å². The van der Waals surface area contributed by atoms with Crippen LogP contribution in [0.25, 0.3) is 11.3 Å². The standard InChI is InChI=1S/C29H39F3N6O7S/c1-4-36(2)26(41)25(29(43)7-9-37(10-8-29)28(42)33-16-5-6-16)46-27-24(44-3)22(23(40)20(14-39)45-27)38-13-19(34-35-38)15-11-17(30)21(32)18(31)12-15/h11-13,16,20,22-25,27,39-40,43H,4-10,14H2,1-3H3,(H,33,42)/t20-,22+,23+,24-,25-,27+/m1/s1. The first-order valence-electron chi connectivity index (χ1n) is 15.1. The van der Waals surface area contributed by atoms with E-state index in [0.29, 0.717) is 6.54 Å². The van der Waals surface area contributed by atoms with Crippen molar-refractivity contribution in [3.63, 3.8) is 0 Å². The lowest BCUT2D eigenvalue weighted by Gasteiger charge is -2.47. The van der Waals surface area contributed by atoms with E-state index in [4.69, 9.17) is 9.47 Å². The molecule has 2 saturated heterocycles. The van der Waals surface area contributed by atoms with Crippen LogP contribution in [0.1, 0.15) is 38.6 Å². The summed E-state index contributed by atoms with van der Waals surface area (Å²) >= 11 is 0.982. The third-order valence-corrected chi connectivity index (χ3v) is 10.4. The highest BCUT2D eigenvalue weighted by Crippen LogP contribution is 2.43. The average Bonchev–Trinajstić information content (AvgIpc) is 3.73. The monoisotopic (exact) mass is 672 g/mol. The van der Waals surface area contributed by atoms with E-state index >= 15 is 0 Å². The van der Waals surface area contributed by atoms with Gasteiger partial charge < -0.3 is 39.9 Å². The lowest BCUT2D eigenvalue weighted by atomic mass is 9.87. The van der Waals surface area contributed by atoms with Crippen molar-refractivity contribution in [1.29, 1.82) is 0 Å². The Morgan fingerprint density at radius 1 is 1.24 bits per heavy atom. The molecule has 5 rings (SSSR count). The minimum Gasteiger partial charge on any atom is -0.394 e. The Hall–Kier alpha value is -2.96. The number of likely N-dealkylation sites (tertiary alicyclic amines) is 1. The Labute approximate surface area is 268 Å². The van der Waals surface area contributed by atoms with E-state index in [1.165, 1.54) is 22.9 Å². The minimum atomic E-state index is -1.63. The van der Waals surface area contributed by atoms with E-state index in [-0.39, 0.29) is 55.2 Å². The van der Waals surface area contributed by atoms with Gasteiger partial charge in [-0.2, -0.15) is 0 Å². The van der Waals surface area contributed by atoms with Gasteiger partial charge in [-0.25, -0.2) is 22.6 Å². The molecule has 0 spiro atoms. The molecule has 2 aromatic rings. The number of nitrogens with zero attached hydrogens (tertiary/aromatic N) is 5. The van der Waals surface area contributed by atoms with Crippen molar-refractivity contribution < 1.29 is 47.6 Å². The van der Waals surface area contributed by atoms with Crippen LogP contribution in [0, 0.1) is 17.5 Å². The SMILES string of the molecule is CCN(C)C(=O)[C@@H](S[C@@H]1O[C@H](CO)[C@H](O)[C@H](n2cc(-c3cc(F)c(F)c(F)c3)nn2)[C@H]1OC)C1(O)CCN(C(=O)NC2CC2)CC1. The number of piperidine rings is 1. The quantitative estimate of drug-likeness (QED) is 0.271. The van der Waals surface area contributed by atoms with Gasteiger partial charge in [-0.15, -0.1) is 16.9 Å². The maximum absolute atomic E-state index is 13.9. The molecular weight excluding hydrogens is 633 g/mol. The topological polar surface area (TPSA) is 163 Å². The van der Waals surface area contributed by atoms with E-state index < -0.39 is 64.7 Å². The van der Waals surface area contributed by atoms with Crippen molar-refractivity contribution in [3.8, 4) is 11.3 Å². The Bertz CT molecular complexity index is 1390. The molecule has 0 unspecified atom stereocenters. The zero-order valence-electron chi connectivity index (χ0n) is 25.7. The van der Waals surface area contributed by atoms with Crippen molar-refractivity contribution in [2.75, 3.05) is 40.4 Å². The number of carbonyl (C=O) groups is 2. The zero-order valence-corrected chi connectivity index (χ0v) is 26.5. The number of urea groups is 1. The van der Waals surface area contributed by atoms with E-state index in [1.54, 1.807) is 18.9 Å². The Balaban J connectivity index is 1.41. The number of benzene rings is 1. The molecule has 1 aromatic carbocycles. The molecule has 3 amide bonds. The smallest absolute Gasteiger partial charge is 0.317 e. The summed E-state index contributed by atoms with van der Waals surface area (Å²) in [6.07, 6.45) is -0.230. The third kappa shape index (κ3) is 6.99. The number of nitrogens with one attached hydrogen (secondary N) is 1. The van der Waals surface area contributed by atoms with Crippen molar-refractivity contribution >= 4 is 23.7 Å². The zero-order chi connectivity index (χ0) is 33.3. The summed E-state index contributed by atoms with van der Waals surface area (Å²) in [6, 6.07) is 0.414. The highest BCUT2D eigenvalue weighted by molar-refractivity contribution is 8.01. The van der Waals surface area contributed by atoms with Crippen LogP contribution in [0.4, 0.5) is 18.0 Å². The summed E-state index contributed by atoms with van der Waals surface area (Å²) in [6.45, 7) is 1.97. The van der Waals surface area contributed by atoms with Gasteiger partial charge in [0.1, 0.15) is 40.7 Å². The highest BCUT2D eigenvalue weighted by Gasteiger charge is 2.53. The molecule has 17 heteroatoms. The number of halogens is 3. The van der Waals surface area contributed by atoms with Crippen molar-refractivity contribution in [2.24, 2.45) is 0 Å². The predicted molar refractivity (Wildman–Crippen MR) is 159 cm³/mol. The number of aliphatic hydroxyl groups excluding tert-OH is 2. The third-order valence-electron chi connectivity index (χ3n) is 8.85. The van der Waals surface area contributed by atoms with Crippen LogP contribution in [0.5, 0.6) is 0 Å². The molecule has 1 aromatic heterocycles. The molecule has 6 atom stereocenters. The number of rotatable bonds is 10. The number of carbonyl (C=O) groups excluding carboxylic acids is 2. The summed E-state index contributed by atoms with van der Waals surface area (Å²) < 4.78 is 54.4. The Kier molecular flexibility index (Phi) is 10.5. The maximum atomic E-state index is 13.9. The van der Waals surface area contributed by atoms with Gasteiger partial charge >= 0.3 is 6.03 Å². The number of hydrogen-bond acceptors (Lipinski definition) is 10. The van der Waals surface area contributed by atoms with Gasteiger partial charge in [-0.1, -0.05) is 5.21 Å². The molecule has 3 aliphatic rings. The van der Waals surface area contributed by atoms with Crippen LogP contribution in [0.15, 0.2) is 18.3 Å².